The van der Waals surface area contributed by atoms with E-state index < -0.39 is 0 Å². The van der Waals surface area contributed by atoms with Gasteiger partial charge < -0.3 is 9.47 Å². The highest BCUT2D eigenvalue weighted by atomic mass is 79.9. The monoisotopic (exact) mass is 354 g/mol. The minimum atomic E-state index is -0.271. The average molecular weight is 355 g/mol. The van der Waals surface area contributed by atoms with Crippen LogP contribution >= 0.6 is 15.9 Å². The molecule has 1 saturated heterocycles. The van der Waals surface area contributed by atoms with Gasteiger partial charge >= 0.3 is 5.97 Å². The van der Waals surface area contributed by atoms with E-state index in [2.05, 4.69) is 40.9 Å². The number of hydrogen-bond donors (Lipinski definition) is 0. The van der Waals surface area contributed by atoms with Gasteiger partial charge in [0.05, 0.1) is 12.2 Å². The predicted molar refractivity (Wildman–Crippen MR) is 88.2 cm³/mol. The summed E-state index contributed by atoms with van der Waals surface area (Å²) in [4.78, 5) is 11.4. The molecule has 0 bridgehead atoms. The Kier molecular flexibility index (Phi) is 8.41. The average Bonchev–Trinajstić information content (AvgIpc) is 2.82. The van der Waals surface area contributed by atoms with E-state index in [9.17, 15) is 4.79 Å². The maximum atomic E-state index is 11.2. The van der Waals surface area contributed by atoms with Crippen LogP contribution in [0, 0.1) is 12.3 Å². The molecule has 3 nitrogen and oxygen atoms in total. The fraction of sp³-hybridized carbons (Fsp3) is 0.588. The zero-order valence-electron chi connectivity index (χ0n) is 12.6. The molecule has 1 aliphatic heterocycles. The van der Waals surface area contributed by atoms with E-state index in [0.29, 0.717) is 12.8 Å². The number of halogens is 1. The third-order valence-corrected chi connectivity index (χ3v) is 4.26. The summed E-state index contributed by atoms with van der Waals surface area (Å²) in [5, 5.41) is 0. The van der Waals surface area contributed by atoms with E-state index >= 15 is 0 Å². The van der Waals surface area contributed by atoms with Crippen molar-refractivity contribution in [3.8, 4) is 12.3 Å². The number of alkyl halides is 1. The first-order chi connectivity index (χ1) is 10.1. The van der Waals surface area contributed by atoms with Crippen LogP contribution in [0.15, 0.2) is 24.3 Å². The lowest BCUT2D eigenvalue weighted by Gasteiger charge is -2.17. The van der Waals surface area contributed by atoms with Crippen molar-refractivity contribution >= 4 is 21.9 Å². The van der Waals surface area contributed by atoms with Gasteiger partial charge in [-0.1, -0.05) is 47.0 Å². The summed E-state index contributed by atoms with van der Waals surface area (Å²) >= 11 is 3.67. The summed E-state index contributed by atoms with van der Waals surface area (Å²) in [5.41, 5.74) is 0. The van der Waals surface area contributed by atoms with Crippen molar-refractivity contribution in [3.63, 3.8) is 0 Å². The number of esters is 1. The molecule has 0 aromatic rings. The van der Waals surface area contributed by atoms with Crippen LogP contribution in [0.5, 0.6) is 0 Å². The Bertz CT molecular complexity index is 422. The van der Waals surface area contributed by atoms with Crippen LogP contribution in [0.4, 0.5) is 0 Å². The van der Waals surface area contributed by atoms with Crippen LogP contribution in [0.1, 0.15) is 39.5 Å². The number of carbonyl (C=O) groups excluding carboxylic acids is 1. The molecule has 1 heterocycles. The van der Waals surface area contributed by atoms with Gasteiger partial charge in [0, 0.05) is 18.2 Å². The highest BCUT2D eigenvalue weighted by molar-refractivity contribution is 9.09. The van der Waals surface area contributed by atoms with Crippen LogP contribution in [0.3, 0.4) is 0 Å². The van der Waals surface area contributed by atoms with Crippen molar-refractivity contribution in [1.29, 1.82) is 0 Å². The lowest BCUT2D eigenvalue weighted by atomic mass is 10.1. The van der Waals surface area contributed by atoms with Crippen molar-refractivity contribution in [2.75, 3.05) is 0 Å². The largest absolute Gasteiger partial charge is 0.460 e. The van der Waals surface area contributed by atoms with Gasteiger partial charge in [0.15, 0.2) is 0 Å². The molecular weight excluding hydrogens is 332 g/mol. The molecular formula is C17H23BrO3. The molecule has 116 valence electrons. The second-order valence-electron chi connectivity index (χ2n) is 5.03. The van der Waals surface area contributed by atoms with Gasteiger partial charge in [-0.3, -0.25) is 4.79 Å². The molecule has 1 fully saturated rings. The van der Waals surface area contributed by atoms with E-state index in [4.69, 9.17) is 15.9 Å². The Morgan fingerprint density at radius 3 is 2.90 bits per heavy atom. The van der Waals surface area contributed by atoms with Gasteiger partial charge in [0.1, 0.15) is 6.10 Å². The first-order valence-corrected chi connectivity index (χ1v) is 8.22. The van der Waals surface area contributed by atoms with Gasteiger partial charge in [-0.15, -0.1) is 6.42 Å². The van der Waals surface area contributed by atoms with Crippen molar-refractivity contribution in [2.45, 2.75) is 62.7 Å². The van der Waals surface area contributed by atoms with Gasteiger partial charge in [-0.05, 0) is 25.3 Å². The Hall–Kier alpha value is -1.05. The zero-order chi connectivity index (χ0) is 15.7. The summed E-state index contributed by atoms with van der Waals surface area (Å²) in [6.07, 6.45) is 16.0. The van der Waals surface area contributed by atoms with Crippen LogP contribution in [0.25, 0.3) is 0 Å². The lowest BCUT2D eigenvalue weighted by molar-refractivity contribution is -0.148. The number of ether oxygens (including phenoxy) is 2. The van der Waals surface area contributed by atoms with E-state index in [1.54, 1.807) is 6.08 Å². The van der Waals surface area contributed by atoms with Crippen molar-refractivity contribution in [2.24, 2.45) is 0 Å². The molecule has 4 atom stereocenters. The molecule has 0 aliphatic carbocycles. The van der Waals surface area contributed by atoms with Gasteiger partial charge in [0.25, 0.3) is 0 Å². The second kappa shape index (κ2) is 9.81. The zero-order valence-corrected chi connectivity index (χ0v) is 14.2. The molecule has 0 spiro atoms. The molecule has 0 radical (unpaired) electrons. The van der Waals surface area contributed by atoms with Crippen LogP contribution in [0.2, 0.25) is 0 Å². The molecule has 0 saturated carbocycles. The third kappa shape index (κ3) is 6.50. The molecule has 4 heteroatoms. The first-order valence-electron chi connectivity index (χ1n) is 7.31. The van der Waals surface area contributed by atoms with E-state index in [1.807, 2.05) is 6.08 Å². The van der Waals surface area contributed by atoms with Crippen LogP contribution in [-0.2, 0) is 14.3 Å². The van der Waals surface area contributed by atoms with Crippen molar-refractivity contribution < 1.29 is 14.3 Å². The minimum absolute atomic E-state index is 0.0418. The van der Waals surface area contributed by atoms with Crippen LogP contribution in [-0.4, -0.2) is 29.1 Å². The fourth-order valence-corrected chi connectivity index (χ4v) is 2.90. The molecule has 0 unspecified atom stereocenters. The summed E-state index contributed by atoms with van der Waals surface area (Å²) in [6.45, 7) is 3.54. The maximum absolute atomic E-state index is 11.2. The minimum Gasteiger partial charge on any atom is -0.460 e. The fourth-order valence-electron chi connectivity index (χ4n) is 2.34. The second-order valence-corrected chi connectivity index (χ2v) is 6.21. The van der Waals surface area contributed by atoms with Gasteiger partial charge in [-0.25, -0.2) is 0 Å². The third-order valence-electron chi connectivity index (χ3n) is 3.30. The van der Waals surface area contributed by atoms with E-state index in [-0.39, 0.29) is 29.1 Å². The standard InChI is InChI=1S/C17H23BrO3/c1-4-6-8-10-14(18)16-12-17(20-13(3)19)15(21-16)11-9-7-5-2/h2,6-9,14-17H,4,10-12H2,1,3H3/b8-6+,9-7-/t14-,15-,16-,17-/m1/s1. The van der Waals surface area contributed by atoms with Gasteiger partial charge in [-0.2, -0.15) is 0 Å². The Labute approximate surface area is 135 Å². The van der Waals surface area contributed by atoms with Gasteiger partial charge in [0.2, 0.25) is 0 Å². The molecule has 21 heavy (non-hydrogen) atoms. The molecule has 0 N–H and O–H groups in total. The maximum Gasteiger partial charge on any atom is 0.302 e. The summed E-state index contributed by atoms with van der Waals surface area (Å²) < 4.78 is 11.4. The van der Waals surface area contributed by atoms with Crippen LogP contribution < -0.4 is 0 Å². The number of hydrogen-bond acceptors (Lipinski definition) is 3. The highest BCUT2D eigenvalue weighted by Gasteiger charge is 2.39. The molecule has 0 aromatic heterocycles. The lowest BCUT2D eigenvalue weighted by Crippen LogP contribution is -2.25. The number of terminal acetylenes is 1. The first kappa shape index (κ1) is 18.0. The summed E-state index contributed by atoms with van der Waals surface area (Å²) in [7, 11) is 0. The van der Waals surface area contributed by atoms with E-state index in [0.717, 1.165) is 12.8 Å². The SMILES string of the molecule is C#C/C=C\C[C@H]1O[C@@H]([C@H](Br)C/C=C/CC)C[C@H]1OC(C)=O. The smallest absolute Gasteiger partial charge is 0.302 e. The molecule has 1 aliphatic rings. The highest BCUT2D eigenvalue weighted by Crippen LogP contribution is 2.31. The number of carbonyl (C=O) groups is 1. The Morgan fingerprint density at radius 1 is 1.52 bits per heavy atom. The molecule has 0 amide bonds. The summed E-state index contributed by atoms with van der Waals surface area (Å²) in [5.74, 6) is 2.18. The molecule has 1 rings (SSSR count). The molecule has 0 aromatic carbocycles. The quantitative estimate of drug-likeness (QED) is 0.302. The topological polar surface area (TPSA) is 35.5 Å². The van der Waals surface area contributed by atoms with E-state index in [1.165, 1.54) is 6.92 Å². The Morgan fingerprint density at radius 2 is 2.29 bits per heavy atom. The van der Waals surface area contributed by atoms with Crippen molar-refractivity contribution in [3.05, 3.63) is 24.3 Å². The number of rotatable bonds is 7. The normalized spacial score (nSPS) is 27.0. The number of allylic oxidation sites excluding steroid dienone is 3. The summed E-state index contributed by atoms with van der Waals surface area (Å²) in [6, 6.07) is 0. The predicted octanol–water partition coefficient (Wildman–Crippen LogP) is 3.77. The Balaban J connectivity index is 2.61. The van der Waals surface area contributed by atoms with Crippen molar-refractivity contribution in [1.82, 2.24) is 0 Å².